The van der Waals surface area contributed by atoms with Crippen LogP contribution in [0.1, 0.15) is 13.3 Å². The lowest BCUT2D eigenvalue weighted by Crippen LogP contribution is -2.25. The van der Waals surface area contributed by atoms with E-state index in [2.05, 4.69) is 6.07 Å². The van der Waals surface area contributed by atoms with Gasteiger partial charge in [-0.05, 0) is 14.0 Å². The maximum Gasteiger partial charge on any atom is 0.332 e. The van der Waals surface area contributed by atoms with Gasteiger partial charge in [-0.1, -0.05) is 0 Å². The smallest absolute Gasteiger partial charge is 0.332 e. The van der Waals surface area contributed by atoms with Crippen LogP contribution in [0.2, 0.25) is 0 Å². The maximum absolute atomic E-state index is 10.9. The summed E-state index contributed by atoms with van der Waals surface area (Å²) in [6, 6.07) is 2.07. The molecule has 0 heterocycles. The zero-order valence-corrected chi connectivity index (χ0v) is 9.36. The van der Waals surface area contributed by atoms with Crippen LogP contribution in [0, 0.1) is 11.3 Å². The minimum Gasteiger partial charge on any atom is -0.464 e. The number of carbonyl (C=O) groups excluding carboxylic acids is 1. The molecule has 0 saturated heterocycles. The van der Waals surface area contributed by atoms with E-state index in [0.29, 0.717) is 26.2 Å². The lowest BCUT2D eigenvalue weighted by molar-refractivity contribution is -0.148. The minimum absolute atomic E-state index is 0.0000694. The van der Waals surface area contributed by atoms with Gasteiger partial charge in [0.25, 0.3) is 0 Å². The number of likely N-dealkylation sites (N-methyl/N-ethyl adjacent to an activating group) is 1. The molecule has 0 fully saturated rings. The van der Waals surface area contributed by atoms with Crippen molar-refractivity contribution in [1.29, 1.82) is 5.26 Å². The van der Waals surface area contributed by atoms with E-state index in [1.807, 2.05) is 11.9 Å². The van der Waals surface area contributed by atoms with Gasteiger partial charge in [0.2, 0.25) is 0 Å². The first-order valence-corrected chi connectivity index (χ1v) is 4.99. The SMILES string of the molecule is CCOC(=O)COCCN(C)CCC#N. The van der Waals surface area contributed by atoms with Gasteiger partial charge in [-0.25, -0.2) is 4.79 Å². The average Bonchev–Trinajstić information content (AvgIpc) is 2.22. The number of carbonyl (C=O) groups is 1. The molecule has 0 atom stereocenters. The lowest BCUT2D eigenvalue weighted by atomic mass is 10.4. The highest BCUT2D eigenvalue weighted by Crippen LogP contribution is 1.87. The first-order valence-electron chi connectivity index (χ1n) is 4.99. The van der Waals surface area contributed by atoms with Crippen molar-refractivity contribution in [3.05, 3.63) is 0 Å². The van der Waals surface area contributed by atoms with E-state index < -0.39 is 0 Å². The summed E-state index contributed by atoms with van der Waals surface area (Å²) in [5, 5.41) is 8.35. The Morgan fingerprint density at radius 2 is 2.20 bits per heavy atom. The quantitative estimate of drug-likeness (QED) is 0.432. The molecule has 0 aliphatic rings. The number of nitrogens with zero attached hydrogens (tertiary/aromatic N) is 2. The molecular weight excluding hydrogens is 196 g/mol. The van der Waals surface area contributed by atoms with E-state index in [0.717, 1.165) is 6.54 Å². The van der Waals surface area contributed by atoms with E-state index in [-0.39, 0.29) is 12.6 Å². The van der Waals surface area contributed by atoms with Crippen molar-refractivity contribution in [2.45, 2.75) is 13.3 Å². The van der Waals surface area contributed by atoms with Gasteiger partial charge >= 0.3 is 5.97 Å². The third-order valence-corrected chi connectivity index (χ3v) is 1.75. The number of hydrogen-bond acceptors (Lipinski definition) is 5. The van der Waals surface area contributed by atoms with Crippen LogP contribution in [0.4, 0.5) is 0 Å². The largest absolute Gasteiger partial charge is 0.464 e. The summed E-state index contributed by atoms with van der Waals surface area (Å²) in [6.45, 7) is 4.04. The Kier molecular flexibility index (Phi) is 8.73. The first-order chi connectivity index (χ1) is 7.20. The molecule has 0 radical (unpaired) electrons. The van der Waals surface area contributed by atoms with E-state index in [4.69, 9.17) is 14.7 Å². The monoisotopic (exact) mass is 214 g/mol. The van der Waals surface area contributed by atoms with E-state index >= 15 is 0 Å². The molecule has 5 heteroatoms. The van der Waals surface area contributed by atoms with Crippen LogP contribution in [0.3, 0.4) is 0 Å². The summed E-state index contributed by atoms with van der Waals surface area (Å²) >= 11 is 0. The van der Waals surface area contributed by atoms with Gasteiger partial charge in [0.05, 0.1) is 19.3 Å². The highest BCUT2D eigenvalue weighted by atomic mass is 16.6. The topological polar surface area (TPSA) is 62.6 Å². The fourth-order valence-corrected chi connectivity index (χ4v) is 0.931. The van der Waals surface area contributed by atoms with Crippen LogP contribution >= 0.6 is 0 Å². The summed E-state index contributed by atoms with van der Waals surface area (Å²) < 4.78 is 9.79. The molecule has 5 nitrogen and oxygen atoms in total. The van der Waals surface area contributed by atoms with Gasteiger partial charge in [0.1, 0.15) is 6.61 Å². The first kappa shape index (κ1) is 13.9. The van der Waals surface area contributed by atoms with Gasteiger partial charge in [-0.2, -0.15) is 5.26 Å². The standard InChI is InChI=1S/C10H18N2O3/c1-3-15-10(13)9-14-8-7-12(2)6-4-5-11/h3-4,6-9H2,1-2H3. The van der Waals surface area contributed by atoms with Crippen LogP contribution in [0.5, 0.6) is 0 Å². The zero-order chi connectivity index (χ0) is 11.5. The highest BCUT2D eigenvalue weighted by Gasteiger charge is 2.02. The Labute approximate surface area is 90.6 Å². The van der Waals surface area contributed by atoms with Crippen LogP contribution in [-0.2, 0) is 14.3 Å². The summed E-state index contributed by atoms with van der Waals surface area (Å²) in [7, 11) is 1.91. The minimum atomic E-state index is -0.336. The third-order valence-electron chi connectivity index (χ3n) is 1.75. The Bertz CT molecular complexity index is 213. The van der Waals surface area contributed by atoms with E-state index in [1.54, 1.807) is 6.92 Å². The van der Waals surface area contributed by atoms with Crippen molar-refractivity contribution in [2.24, 2.45) is 0 Å². The third kappa shape index (κ3) is 9.19. The van der Waals surface area contributed by atoms with Crippen molar-refractivity contribution in [1.82, 2.24) is 4.90 Å². The second kappa shape index (κ2) is 9.44. The number of esters is 1. The fraction of sp³-hybridized carbons (Fsp3) is 0.800. The lowest BCUT2D eigenvalue weighted by Gasteiger charge is -2.14. The summed E-state index contributed by atoms with van der Waals surface area (Å²) in [6.07, 6.45) is 0.508. The summed E-state index contributed by atoms with van der Waals surface area (Å²) in [4.78, 5) is 12.8. The molecule has 15 heavy (non-hydrogen) atoms. The molecule has 86 valence electrons. The number of hydrogen-bond donors (Lipinski definition) is 0. The van der Waals surface area contributed by atoms with Crippen LogP contribution in [0.15, 0.2) is 0 Å². The zero-order valence-electron chi connectivity index (χ0n) is 9.36. The van der Waals surface area contributed by atoms with Crippen LogP contribution in [0.25, 0.3) is 0 Å². The summed E-state index contributed by atoms with van der Waals surface area (Å²) in [5.41, 5.74) is 0. The Balaban J connectivity index is 3.30. The second-order valence-corrected chi connectivity index (χ2v) is 3.07. The van der Waals surface area contributed by atoms with Gasteiger partial charge in [-0.15, -0.1) is 0 Å². The van der Waals surface area contributed by atoms with Crippen LogP contribution in [-0.4, -0.2) is 50.8 Å². The van der Waals surface area contributed by atoms with Gasteiger partial charge in [0, 0.05) is 19.5 Å². The van der Waals surface area contributed by atoms with Crippen molar-refractivity contribution in [3.8, 4) is 6.07 Å². The molecule has 0 rings (SSSR count). The number of ether oxygens (including phenoxy) is 2. The van der Waals surface area contributed by atoms with Crippen molar-refractivity contribution in [3.63, 3.8) is 0 Å². The Morgan fingerprint density at radius 1 is 1.47 bits per heavy atom. The van der Waals surface area contributed by atoms with E-state index in [1.165, 1.54) is 0 Å². The fourth-order valence-electron chi connectivity index (χ4n) is 0.931. The predicted octanol–water partition coefficient (Wildman–Crippen LogP) is 0.412. The van der Waals surface area contributed by atoms with Crippen molar-refractivity contribution in [2.75, 3.05) is 40.0 Å². The average molecular weight is 214 g/mol. The molecule has 0 N–H and O–H groups in total. The second-order valence-electron chi connectivity index (χ2n) is 3.07. The molecular formula is C10H18N2O3. The number of nitriles is 1. The predicted molar refractivity (Wildman–Crippen MR) is 55.2 cm³/mol. The molecule has 0 aliphatic carbocycles. The van der Waals surface area contributed by atoms with E-state index in [9.17, 15) is 4.79 Å². The molecule has 0 aromatic heterocycles. The highest BCUT2D eigenvalue weighted by molar-refractivity contribution is 5.70. The molecule has 0 spiro atoms. The molecule has 0 unspecified atom stereocenters. The number of rotatable bonds is 8. The molecule has 0 aromatic rings. The molecule has 0 aromatic carbocycles. The van der Waals surface area contributed by atoms with Crippen molar-refractivity contribution < 1.29 is 14.3 Å². The van der Waals surface area contributed by atoms with Crippen molar-refractivity contribution >= 4 is 5.97 Å². The molecule has 0 bridgehead atoms. The maximum atomic E-state index is 10.9. The van der Waals surface area contributed by atoms with Crippen LogP contribution < -0.4 is 0 Å². The Hall–Kier alpha value is -1.12. The summed E-state index contributed by atoms with van der Waals surface area (Å²) in [5.74, 6) is -0.336. The molecule has 0 aliphatic heterocycles. The van der Waals surface area contributed by atoms with Gasteiger partial charge in [0.15, 0.2) is 0 Å². The normalized spacial score (nSPS) is 10.0. The molecule has 0 amide bonds. The Morgan fingerprint density at radius 3 is 2.80 bits per heavy atom. The van der Waals surface area contributed by atoms with Gasteiger partial charge in [-0.3, -0.25) is 0 Å². The molecule has 0 saturated carbocycles. The van der Waals surface area contributed by atoms with Gasteiger partial charge < -0.3 is 14.4 Å².